The number of aryl methyl sites for hydroxylation is 3. The maximum absolute atomic E-state index is 6.25. The Morgan fingerprint density at radius 3 is 2.20 bits per heavy atom. The topological polar surface area (TPSA) is 9.23 Å². The Morgan fingerprint density at radius 2 is 1.55 bits per heavy atom. The Labute approximate surface area is 121 Å². The van der Waals surface area contributed by atoms with Gasteiger partial charge in [0.1, 0.15) is 11.4 Å². The van der Waals surface area contributed by atoms with E-state index in [1.54, 1.807) is 0 Å². The average Bonchev–Trinajstić information content (AvgIpc) is 2.61. The van der Waals surface area contributed by atoms with Gasteiger partial charge in [-0.25, -0.2) is 0 Å². The van der Waals surface area contributed by atoms with Crippen molar-refractivity contribution in [2.75, 3.05) is 0 Å². The molecule has 1 nitrogen and oxygen atoms in total. The van der Waals surface area contributed by atoms with Crippen LogP contribution in [-0.2, 0) is 0 Å². The lowest BCUT2D eigenvalue weighted by atomic mass is 9.79. The van der Waals surface area contributed by atoms with Crippen molar-refractivity contribution in [2.24, 2.45) is 0 Å². The summed E-state index contributed by atoms with van der Waals surface area (Å²) in [6.07, 6.45) is 0. The van der Waals surface area contributed by atoms with Gasteiger partial charge in [0, 0.05) is 5.56 Å². The third-order valence-corrected chi connectivity index (χ3v) is 4.26. The molecule has 104 valence electrons. The smallest absolute Gasteiger partial charge is 0.124 e. The molecule has 0 N–H and O–H groups in total. The molecule has 0 fully saturated rings. The zero-order valence-corrected chi connectivity index (χ0v) is 12.9. The van der Waals surface area contributed by atoms with Crippen LogP contribution in [0.2, 0.25) is 0 Å². The van der Waals surface area contributed by atoms with Gasteiger partial charge in [0.05, 0.1) is 5.92 Å². The molecule has 2 aromatic rings. The van der Waals surface area contributed by atoms with E-state index >= 15 is 0 Å². The van der Waals surface area contributed by atoms with Gasteiger partial charge in [-0.3, -0.25) is 0 Å². The van der Waals surface area contributed by atoms with Gasteiger partial charge in [-0.1, -0.05) is 35.9 Å². The maximum atomic E-state index is 6.25. The van der Waals surface area contributed by atoms with Crippen molar-refractivity contribution in [3.05, 3.63) is 64.2 Å². The van der Waals surface area contributed by atoms with Gasteiger partial charge in [0.2, 0.25) is 0 Å². The second-order valence-corrected chi connectivity index (χ2v) is 6.54. The lowest BCUT2D eigenvalue weighted by Gasteiger charge is -2.27. The van der Waals surface area contributed by atoms with Gasteiger partial charge in [-0.15, -0.1) is 0 Å². The third-order valence-electron chi connectivity index (χ3n) is 4.26. The molecular formula is C19H22O. The van der Waals surface area contributed by atoms with Crippen LogP contribution in [0.5, 0.6) is 5.75 Å². The molecule has 1 aliphatic rings. The van der Waals surface area contributed by atoms with Crippen molar-refractivity contribution in [3.8, 4) is 5.75 Å². The summed E-state index contributed by atoms with van der Waals surface area (Å²) in [6.45, 7) is 10.8. The molecule has 0 aliphatic carbocycles. The normalized spacial score (nSPS) is 19.6. The first-order valence-electron chi connectivity index (χ1n) is 7.25. The monoisotopic (exact) mass is 266 g/mol. The van der Waals surface area contributed by atoms with Crippen LogP contribution in [0.3, 0.4) is 0 Å². The molecule has 1 heteroatoms. The first-order valence-corrected chi connectivity index (χ1v) is 7.25. The predicted molar refractivity (Wildman–Crippen MR) is 83.6 cm³/mol. The van der Waals surface area contributed by atoms with Gasteiger partial charge in [0.15, 0.2) is 0 Å². The van der Waals surface area contributed by atoms with E-state index in [1.807, 2.05) is 0 Å². The summed E-state index contributed by atoms with van der Waals surface area (Å²) in [5.74, 6) is 1.36. The molecule has 20 heavy (non-hydrogen) atoms. The minimum atomic E-state index is -0.198. The summed E-state index contributed by atoms with van der Waals surface area (Å²) in [7, 11) is 0. The van der Waals surface area contributed by atoms with Crippen LogP contribution < -0.4 is 4.74 Å². The minimum absolute atomic E-state index is 0.198. The number of ether oxygens (including phenoxy) is 1. The van der Waals surface area contributed by atoms with Crippen molar-refractivity contribution in [2.45, 2.75) is 46.1 Å². The fraction of sp³-hybridized carbons (Fsp3) is 0.368. The standard InChI is InChI=1S/C19H22O/c1-12-6-8-15(9-7-12)18-17-14(3)10-13(2)11-16(17)20-19(18,4)5/h6-11,18H,1-5H3. The first-order chi connectivity index (χ1) is 9.38. The van der Waals surface area contributed by atoms with Crippen molar-refractivity contribution < 1.29 is 4.74 Å². The second kappa shape index (κ2) is 4.37. The van der Waals surface area contributed by atoms with E-state index in [0.717, 1.165) is 5.75 Å². The number of benzene rings is 2. The SMILES string of the molecule is Cc1ccc(C2c3c(C)cc(C)cc3OC2(C)C)cc1. The molecule has 3 rings (SSSR count). The van der Waals surface area contributed by atoms with E-state index in [4.69, 9.17) is 4.74 Å². The molecule has 2 aromatic carbocycles. The zero-order valence-electron chi connectivity index (χ0n) is 12.9. The van der Waals surface area contributed by atoms with E-state index in [2.05, 4.69) is 71.0 Å². The number of rotatable bonds is 1. The van der Waals surface area contributed by atoms with Crippen LogP contribution in [0.25, 0.3) is 0 Å². The van der Waals surface area contributed by atoms with E-state index in [-0.39, 0.29) is 5.60 Å². The predicted octanol–water partition coefficient (Wildman–Crippen LogP) is 4.91. The van der Waals surface area contributed by atoms with Crippen LogP contribution in [0.4, 0.5) is 0 Å². The molecule has 1 aliphatic heterocycles. The van der Waals surface area contributed by atoms with Crippen molar-refractivity contribution in [3.63, 3.8) is 0 Å². The highest BCUT2D eigenvalue weighted by Crippen LogP contribution is 2.49. The minimum Gasteiger partial charge on any atom is -0.487 e. The molecule has 0 radical (unpaired) electrons. The third kappa shape index (κ3) is 2.02. The van der Waals surface area contributed by atoms with Gasteiger partial charge in [-0.2, -0.15) is 0 Å². The molecule has 0 bridgehead atoms. The average molecular weight is 266 g/mol. The Kier molecular flexibility index (Phi) is 2.89. The highest BCUT2D eigenvalue weighted by Gasteiger charge is 2.42. The van der Waals surface area contributed by atoms with Gasteiger partial charge < -0.3 is 4.74 Å². The van der Waals surface area contributed by atoms with E-state index in [0.29, 0.717) is 5.92 Å². The fourth-order valence-electron chi connectivity index (χ4n) is 3.41. The summed E-state index contributed by atoms with van der Waals surface area (Å²) in [5.41, 5.74) is 6.38. The molecule has 0 aromatic heterocycles. The van der Waals surface area contributed by atoms with E-state index < -0.39 is 0 Å². The molecule has 0 amide bonds. The summed E-state index contributed by atoms with van der Waals surface area (Å²) < 4.78 is 6.25. The van der Waals surface area contributed by atoms with E-state index in [9.17, 15) is 0 Å². The summed E-state index contributed by atoms with van der Waals surface area (Å²) in [5, 5.41) is 0. The molecule has 1 heterocycles. The Morgan fingerprint density at radius 1 is 0.900 bits per heavy atom. The second-order valence-electron chi connectivity index (χ2n) is 6.54. The van der Waals surface area contributed by atoms with Crippen LogP contribution >= 0.6 is 0 Å². The lowest BCUT2D eigenvalue weighted by Crippen LogP contribution is -2.31. The Bertz CT molecular complexity index is 650. The molecule has 0 spiro atoms. The molecule has 0 saturated heterocycles. The van der Waals surface area contributed by atoms with Crippen LogP contribution in [0, 0.1) is 20.8 Å². The van der Waals surface area contributed by atoms with Crippen LogP contribution in [0.1, 0.15) is 47.6 Å². The van der Waals surface area contributed by atoms with Crippen molar-refractivity contribution >= 4 is 0 Å². The summed E-state index contributed by atoms with van der Waals surface area (Å²) in [4.78, 5) is 0. The maximum Gasteiger partial charge on any atom is 0.124 e. The lowest BCUT2D eigenvalue weighted by molar-refractivity contribution is 0.122. The number of hydrogen-bond donors (Lipinski definition) is 0. The Hall–Kier alpha value is -1.76. The van der Waals surface area contributed by atoms with Crippen LogP contribution in [0.15, 0.2) is 36.4 Å². The highest BCUT2D eigenvalue weighted by molar-refractivity contribution is 5.54. The Balaban J connectivity index is 2.18. The van der Waals surface area contributed by atoms with Crippen molar-refractivity contribution in [1.82, 2.24) is 0 Å². The quantitative estimate of drug-likeness (QED) is 0.712. The largest absolute Gasteiger partial charge is 0.487 e. The number of fused-ring (bicyclic) bond motifs is 1. The summed E-state index contributed by atoms with van der Waals surface area (Å²) >= 11 is 0. The van der Waals surface area contributed by atoms with Gasteiger partial charge >= 0.3 is 0 Å². The summed E-state index contributed by atoms with van der Waals surface area (Å²) in [6, 6.07) is 13.3. The molecular weight excluding hydrogens is 244 g/mol. The van der Waals surface area contributed by atoms with Gasteiger partial charge in [0.25, 0.3) is 0 Å². The van der Waals surface area contributed by atoms with Crippen molar-refractivity contribution in [1.29, 1.82) is 0 Å². The first kappa shape index (κ1) is 13.2. The fourth-order valence-corrected chi connectivity index (χ4v) is 3.41. The van der Waals surface area contributed by atoms with E-state index in [1.165, 1.54) is 27.8 Å². The molecule has 1 unspecified atom stereocenters. The highest BCUT2D eigenvalue weighted by atomic mass is 16.5. The van der Waals surface area contributed by atoms with Gasteiger partial charge in [-0.05, 0) is 57.4 Å². The molecule has 0 saturated carbocycles. The zero-order chi connectivity index (χ0) is 14.5. The number of hydrogen-bond acceptors (Lipinski definition) is 1. The molecule has 1 atom stereocenters. The van der Waals surface area contributed by atoms with Crippen LogP contribution in [-0.4, -0.2) is 5.60 Å².